The smallest absolute Gasteiger partial charge is 0.225 e. The molecule has 0 aliphatic carbocycles. The lowest BCUT2D eigenvalue weighted by molar-refractivity contribution is 0.450. The van der Waals surface area contributed by atoms with Gasteiger partial charge in [0.25, 0.3) is 0 Å². The molecule has 0 radical (unpaired) electrons. The Bertz CT molecular complexity index is 494. The molecule has 0 fully saturated rings. The van der Waals surface area contributed by atoms with E-state index in [0.29, 0.717) is 5.75 Å². The fourth-order valence-corrected chi connectivity index (χ4v) is 1.49. The van der Waals surface area contributed by atoms with Crippen molar-refractivity contribution in [1.29, 1.82) is 0 Å². The molecule has 0 unspecified atom stereocenters. The van der Waals surface area contributed by atoms with E-state index in [1.54, 1.807) is 0 Å². The Morgan fingerprint density at radius 1 is 1.00 bits per heavy atom. The third kappa shape index (κ3) is 2.53. The molecule has 16 heavy (non-hydrogen) atoms. The third-order valence-corrected chi connectivity index (χ3v) is 2.03. The van der Waals surface area contributed by atoms with Gasteiger partial charge in [-0.1, -0.05) is 6.07 Å². The summed E-state index contributed by atoms with van der Waals surface area (Å²) in [6.45, 7) is 3.95. The van der Waals surface area contributed by atoms with Crippen LogP contribution in [0.1, 0.15) is 11.1 Å². The highest BCUT2D eigenvalue weighted by Gasteiger charge is 2.02. The molecular weight excluding hydrogens is 207 g/mol. The predicted molar refractivity (Wildman–Crippen MR) is 58.0 cm³/mol. The lowest BCUT2D eigenvalue weighted by Crippen LogP contribution is -1.92. The van der Waals surface area contributed by atoms with Crippen LogP contribution < -0.4 is 4.74 Å². The van der Waals surface area contributed by atoms with Gasteiger partial charge in [0, 0.05) is 0 Å². The highest BCUT2D eigenvalue weighted by atomic mass is 19.1. The standard InChI is InChI=1S/C12H11FN2O/c1-8-3-9(2)5-10(4-8)16-12-6-11(13)14-7-15-12/h3-7H,1-2H3. The molecule has 1 aromatic carbocycles. The number of ether oxygens (including phenoxy) is 1. The van der Waals surface area contributed by atoms with Crippen LogP contribution >= 0.6 is 0 Å². The van der Waals surface area contributed by atoms with E-state index in [4.69, 9.17) is 4.74 Å². The van der Waals surface area contributed by atoms with Crippen LogP contribution in [-0.2, 0) is 0 Å². The van der Waals surface area contributed by atoms with E-state index in [1.807, 2.05) is 32.0 Å². The van der Waals surface area contributed by atoms with Gasteiger partial charge < -0.3 is 4.74 Å². The molecule has 0 spiro atoms. The molecule has 2 rings (SSSR count). The Balaban J connectivity index is 2.27. The van der Waals surface area contributed by atoms with Gasteiger partial charge in [-0.2, -0.15) is 4.39 Å². The minimum atomic E-state index is -0.602. The topological polar surface area (TPSA) is 35.0 Å². The molecule has 0 bridgehead atoms. The third-order valence-electron chi connectivity index (χ3n) is 2.03. The molecule has 1 heterocycles. The first-order valence-corrected chi connectivity index (χ1v) is 4.87. The average Bonchev–Trinajstić information content (AvgIpc) is 2.15. The van der Waals surface area contributed by atoms with Crippen molar-refractivity contribution in [3.05, 3.63) is 47.7 Å². The fraction of sp³-hybridized carbons (Fsp3) is 0.167. The highest BCUT2D eigenvalue weighted by Crippen LogP contribution is 2.21. The van der Waals surface area contributed by atoms with Gasteiger partial charge in [0.15, 0.2) is 0 Å². The molecule has 1 aromatic heterocycles. The number of nitrogens with zero attached hydrogens (tertiary/aromatic N) is 2. The highest BCUT2D eigenvalue weighted by molar-refractivity contribution is 5.35. The van der Waals surface area contributed by atoms with Crippen molar-refractivity contribution in [2.24, 2.45) is 0 Å². The second-order valence-corrected chi connectivity index (χ2v) is 3.60. The maximum absolute atomic E-state index is 12.8. The van der Waals surface area contributed by atoms with E-state index in [0.717, 1.165) is 23.5 Å². The Kier molecular flexibility index (Phi) is 2.81. The van der Waals surface area contributed by atoms with Gasteiger partial charge in [-0.25, -0.2) is 9.97 Å². The molecule has 0 amide bonds. The van der Waals surface area contributed by atoms with Gasteiger partial charge in [0.2, 0.25) is 11.8 Å². The summed E-state index contributed by atoms with van der Waals surface area (Å²) in [6, 6.07) is 6.92. The summed E-state index contributed by atoms with van der Waals surface area (Å²) in [6.07, 6.45) is 1.13. The normalized spacial score (nSPS) is 10.2. The number of aryl methyl sites for hydroxylation is 2. The van der Waals surface area contributed by atoms with Crippen molar-refractivity contribution < 1.29 is 9.13 Å². The van der Waals surface area contributed by atoms with Crippen LogP contribution in [0.3, 0.4) is 0 Å². The predicted octanol–water partition coefficient (Wildman–Crippen LogP) is 3.02. The van der Waals surface area contributed by atoms with E-state index in [-0.39, 0.29) is 5.88 Å². The molecule has 3 nitrogen and oxygen atoms in total. The number of benzene rings is 1. The van der Waals surface area contributed by atoms with E-state index in [9.17, 15) is 4.39 Å². The zero-order valence-corrected chi connectivity index (χ0v) is 9.07. The van der Waals surface area contributed by atoms with E-state index >= 15 is 0 Å². The first-order chi connectivity index (χ1) is 7.63. The zero-order valence-electron chi connectivity index (χ0n) is 9.07. The summed E-state index contributed by atoms with van der Waals surface area (Å²) in [5.74, 6) is 0.252. The van der Waals surface area contributed by atoms with E-state index < -0.39 is 5.95 Å². The monoisotopic (exact) mass is 218 g/mol. The van der Waals surface area contributed by atoms with E-state index in [1.165, 1.54) is 0 Å². The van der Waals surface area contributed by atoms with Crippen LogP contribution in [0.15, 0.2) is 30.6 Å². The molecule has 0 aliphatic rings. The first kappa shape index (κ1) is 10.5. The molecule has 0 saturated heterocycles. The summed E-state index contributed by atoms with van der Waals surface area (Å²) >= 11 is 0. The van der Waals surface area contributed by atoms with Crippen LogP contribution in [0.5, 0.6) is 11.6 Å². The molecule has 0 saturated carbocycles. The summed E-state index contributed by atoms with van der Waals surface area (Å²) < 4.78 is 18.2. The van der Waals surface area contributed by atoms with Crippen LogP contribution in [0.2, 0.25) is 0 Å². The number of halogens is 1. The Morgan fingerprint density at radius 3 is 2.31 bits per heavy atom. The van der Waals surface area contributed by atoms with Crippen LogP contribution in [0.4, 0.5) is 4.39 Å². The summed E-state index contributed by atoms with van der Waals surface area (Å²) in [5.41, 5.74) is 2.18. The largest absolute Gasteiger partial charge is 0.439 e. The van der Waals surface area contributed by atoms with Crippen molar-refractivity contribution in [3.8, 4) is 11.6 Å². The molecule has 2 aromatic rings. The Hall–Kier alpha value is -1.97. The average molecular weight is 218 g/mol. The van der Waals surface area contributed by atoms with Gasteiger partial charge in [0.05, 0.1) is 6.07 Å². The molecule has 0 atom stereocenters. The van der Waals surface area contributed by atoms with Crippen molar-refractivity contribution in [3.63, 3.8) is 0 Å². The van der Waals surface area contributed by atoms with Gasteiger partial charge in [-0.3, -0.25) is 0 Å². The number of rotatable bonds is 2. The maximum Gasteiger partial charge on any atom is 0.225 e. The molecular formula is C12H11FN2O. The number of aromatic nitrogens is 2. The van der Waals surface area contributed by atoms with Crippen LogP contribution in [0, 0.1) is 19.8 Å². The summed E-state index contributed by atoms with van der Waals surface area (Å²) in [4.78, 5) is 7.18. The van der Waals surface area contributed by atoms with Gasteiger partial charge in [0.1, 0.15) is 12.1 Å². The van der Waals surface area contributed by atoms with Crippen molar-refractivity contribution in [2.45, 2.75) is 13.8 Å². The number of hydrogen-bond acceptors (Lipinski definition) is 3. The molecule has 4 heteroatoms. The van der Waals surface area contributed by atoms with Crippen molar-refractivity contribution >= 4 is 0 Å². The zero-order chi connectivity index (χ0) is 11.5. The minimum Gasteiger partial charge on any atom is -0.439 e. The summed E-state index contributed by atoms with van der Waals surface area (Å²) in [7, 11) is 0. The SMILES string of the molecule is Cc1cc(C)cc(Oc2cc(F)ncn2)c1. The molecule has 0 aliphatic heterocycles. The maximum atomic E-state index is 12.8. The number of hydrogen-bond donors (Lipinski definition) is 0. The Labute approximate surface area is 92.9 Å². The van der Waals surface area contributed by atoms with Crippen LogP contribution in [0.25, 0.3) is 0 Å². The van der Waals surface area contributed by atoms with Gasteiger partial charge in [-0.05, 0) is 37.1 Å². The Morgan fingerprint density at radius 2 is 1.69 bits per heavy atom. The van der Waals surface area contributed by atoms with Crippen molar-refractivity contribution in [1.82, 2.24) is 9.97 Å². The molecule has 82 valence electrons. The lowest BCUT2D eigenvalue weighted by atomic mass is 10.1. The molecule has 0 N–H and O–H groups in total. The quantitative estimate of drug-likeness (QED) is 0.727. The first-order valence-electron chi connectivity index (χ1n) is 4.87. The van der Waals surface area contributed by atoms with Crippen molar-refractivity contribution in [2.75, 3.05) is 0 Å². The fourth-order valence-electron chi connectivity index (χ4n) is 1.49. The van der Waals surface area contributed by atoms with E-state index in [2.05, 4.69) is 9.97 Å². The summed E-state index contributed by atoms with van der Waals surface area (Å²) in [5, 5.41) is 0. The van der Waals surface area contributed by atoms with Gasteiger partial charge >= 0.3 is 0 Å². The second-order valence-electron chi connectivity index (χ2n) is 3.60. The van der Waals surface area contributed by atoms with Crippen LogP contribution in [-0.4, -0.2) is 9.97 Å². The second kappa shape index (κ2) is 4.26. The van der Waals surface area contributed by atoms with Gasteiger partial charge in [-0.15, -0.1) is 0 Å². The lowest BCUT2D eigenvalue weighted by Gasteiger charge is -2.06. The minimum absolute atomic E-state index is 0.206.